The van der Waals surface area contributed by atoms with E-state index in [1.54, 1.807) is 23.2 Å². The summed E-state index contributed by atoms with van der Waals surface area (Å²) in [5, 5.41) is 10.4. The van der Waals surface area contributed by atoms with Crippen molar-refractivity contribution in [1.29, 1.82) is 0 Å². The van der Waals surface area contributed by atoms with E-state index in [1.165, 1.54) is 0 Å². The van der Waals surface area contributed by atoms with E-state index >= 15 is 0 Å². The molecule has 0 bridgehead atoms. The topological polar surface area (TPSA) is 80.5 Å². The summed E-state index contributed by atoms with van der Waals surface area (Å²) in [4.78, 5) is 14.2. The monoisotopic (exact) mass is 302 g/mol. The maximum atomic E-state index is 12.5. The van der Waals surface area contributed by atoms with E-state index in [0.29, 0.717) is 25.6 Å². The van der Waals surface area contributed by atoms with Gasteiger partial charge in [-0.15, -0.1) is 5.10 Å². The molecule has 1 saturated heterocycles. The van der Waals surface area contributed by atoms with Crippen LogP contribution in [0.15, 0.2) is 34.9 Å². The van der Waals surface area contributed by atoms with E-state index in [4.69, 9.17) is 9.15 Å². The van der Waals surface area contributed by atoms with Gasteiger partial charge in [-0.05, 0) is 24.3 Å². The third-order valence-corrected chi connectivity index (χ3v) is 3.56. The lowest BCUT2D eigenvalue weighted by Gasteiger charge is -2.34. The fourth-order valence-electron chi connectivity index (χ4n) is 2.40. The molecule has 0 unspecified atom stereocenters. The summed E-state index contributed by atoms with van der Waals surface area (Å²) in [6, 6.07) is 6.79. The van der Waals surface area contributed by atoms with E-state index < -0.39 is 0 Å². The molecule has 3 rings (SSSR count). The third kappa shape index (κ3) is 3.09. The van der Waals surface area contributed by atoms with Gasteiger partial charge in [-0.3, -0.25) is 5.32 Å². The van der Waals surface area contributed by atoms with Crippen molar-refractivity contribution >= 4 is 11.8 Å². The van der Waals surface area contributed by atoms with Crippen LogP contribution in [0.3, 0.4) is 0 Å². The summed E-state index contributed by atoms with van der Waals surface area (Å²) >= 11 is 0. The SMILES string of the molecule is CCc1ccc([C@H]2COCCN2C(=O)Nc2cccnn2)o1. The summed E-state index contributed by atoms with van der Waals surface area (Å²) in [5.41, 5.74) is 0. The van der Waals surface area contributed by atoms with Crippen molar-refractivity contribution in [2.75, 3.05) is 25.1 Å². The third-order valence-electron chi connectivity index (χ3n) is 3.56. The van der Waals surface area contributed by atoms with E-state index in [0.717, 1.165) is 17.9 Å². The predicted octanol–water partition coefficient (Wildman–Crippen LogP) is 2.24. The van der Waals surface area contributed by atoms with Crippen molar-refractivity contribution in [2.45, 2.75) is 19.4 Å². The number of hydrogen-bond donors (Lipinski definition) is 1. The van der Waals surface area contributed by atoms with E-state index in [-0.39, 0.29) is 12.1 Å². The predicted molar refractivity (Wildman–Crippen MR) is 79.4 cm³/mol. The first kappa shape index (κ1) is 14.5. The van der Waals surface area contributed by atoms with Crippen LogP contribution in [0.5, 0.6) is 0 Å². The Hall–Kier alpha value is -2.41. The minimum absolute atomic E-state index is 0.231. The lowest BCUT2D eigenvalue weighted by molar-refractivity contribution is 0.00700. The lowest BCUT2D eigenvalue weighted by Crippen LogP contribution is -2.45. The lowest BCUT2D eigenvalue weighted by atomic mass is 10.2. The molecule has 116 valence electrons. The number of carbonyl (C=O) groups is 1. The zero-order valence-corrected chi connectivity index (χ0v) is 12.4. The van der Waals surface area contributed by atoms with Gasteiger partial charge in [-0.25, -0.2) is 4.79 Å². The van der Waals surface area contributed by atoms with Crippen molar-refractivity contribution in [2.24, 2.45) is 0 Å². The Morgan fingerprint density at radius 1 is 1.45 bits per heavy atom. The molecule has 0 radical (unpaired) electrons. The number of rotatable bonds is 3. The highest BCUT2D eigenvalue weighted by Gasteiger charge is 2.31. The van der Waals surface area contributed by atoms with Crippen LogP contribution >= 0.6 is 0 Å². The quantitative estimate of drug-likeness (QED) is 0.940. The van der Waals surface area contributed by atoms with Gasteiger partial charge in [0.1, 0.15) is 17.6 Å². The molecule has 1 aliphatic rings. The second-order valence-electron chi connectivity index (χ2n) is 4.98. The molecule has 1 N–H and O–H groups in total. The van der Waals surface area contributed by atoms with E-state index in [9.17, 15) is 4.79 Å². The molecule has 1 fully saturated rings. The fraction of sp³-hybridized carbons (Fsp3) is 0.400. The Bertz CT molecular complexity index is 629. The number of furan rings is 1. The van der Waals surface area contributed by atoms with Gasteiger partial charge >= 0.3 is 6.03 Å². The van der Waals surface area contributed by atoms with Gasteiger partial charge in [0.15, 0.2) is 5.82 Å². The second kappa shape index (κ2) is 6.57. The fourth-order valence-corrected chi connectivity index (χ4v) is 2.40. The molecule has 22 heavy (non-hydrogen) atoms. The zero-order chi connectivity index (χ0) is 15.4. The number of urea groups is 1. The molecule has 0 saturated carbocycles. The molecule has 2 aromatic rings. The number of hydrogen-bond acceptors (Lipinski definition) is 5. The van der Waals surface area contributed by atoms with Crippen LogP contribution < -0.4 is 5.32 Å². The molecule has 2 amide bonds. The summed E-state index contributed by atoms with van der Waals surface area (Å²) < 4.78 is 11.3. The Kier molecular flexibility index (Phi) is 4.34. The molecule has 0 spiro atoms. The molecular formula is C15H18N4O3. The number of amides is 2. The largest absolute Gasteiger partial charge is 0.464 e. The van der Waals surface area contributed by atoms with Gasteiger partial charge in [-0.1, -0.05) is 6.92 Å². The smallest absolute Gasteiger partial charge is 0.323 e. The van der Waals surface area contributed by atoms with Crippen LogP contribution in [0.2, 0.25) is 0 Å². The molecule has 7 nitrogen and oxygen atoms in total. The standard InChI is InChI=1S/C15H18N4O3/c1-2-11-5-6-13(22-11)12-10-21-9-8-19(12)15(20)17-14-4-3-7-16-18-14/h3-7,12H,2,8-10H2,1H3,(H,17,18,20)/t12-/m1/s1. The van der Waals surface area contributed by atoms with Gasteiger partial charge in [0.05, 0.1) is 13.2 Å². The van der Waals surface area contributed by atoms with Crippen molar-refractivity contribution < 1.29 is 13.9 Å². The summed E-state index contributed by atoms with van der Waals surface area (Å²) in [6.45, 7) is 3.45. The zero-order valence-electron chi connectivity index (χ0n) is 12.4. The normalized spacial score (nSPS) is 18.2. The molecule has 3 heterocycles. The van der Waals surface area contributed by atoms with Crippen molar-refractivity contribution in [3.63, 3.8) is 0 Å². The summed E-state index contributed by atoms with van der Waals surface area (Å²) in [6.07, 6.45) is 2.38. The first-order valence-electron chi connectivity index (χ1n) is 7.29. The maximum absolute atomic E-state index is 12.5. The van der Waals surface area contributed by atoms with Crippen LogP contribution in [0, 0.1) is 0 Å². The average Bonchev–Trinajstić information content (AvgIpc) is 3.05. The Labute approximate surface area is 128 Å². The number of aromatic nitrogens is 2. The Balaban J connectivity index is 1.75. The molecular weight excluding hydrogens is 284 g/mol. The van der Waals surface area contributed by atoms with Crippen LogP contribution in [0.4, 0.5) is 10.6 Å². The van der Waals surface area contributed by atoms with Crippen LogP contribution in [0.1, 0.15) is 24.5 Å². The number of carbonyl (C=O) groups excluding carboxylic acids is 1. The number of anilines is 1. The number of nitrogens with zero attached hydrogens (tertiary/aromatic N) is 3. The Morgan fingerprint density at radius 2 is 2.36 bits per heavy atom. The number of ether oxygens (including phenoxy) is 1. The van der Waals surface area contributed by atoms with Gasteiger partial charge in [0, 0.05) is 19.2 Å². The van der Waals surface area contributed by atoms with Crippen LogP contribution in [-0.4, -0.2) is 40.9 Å². The van der Waals surface area contributed by atoms with Crippen molar-refractivity contribution in [1.82, 2.24) is 15.1 Å². The second-order valence-corrected chi connectivity index (χ2v) is 4.98. The first-order valence-corrected chi connectivity index (χ1v) is 7.29. The average molecular weight is 302 g/mol. The minimum atomic E-state index is -0.233. The minimum Gasteiger partial charge on any atom is -0.464 e. The molecule has 2 aromatic heterocycles. The molecule has 1 atom stereocenters. The van der Waals surface area contributed by atoms with Gasteiger partial charge in [0.25, 0.3) is 0 Å². The maximum Gasteiger partial charge on any atom is 0.323 e. The summed E-state index contributed by atoms with van der Waals surface area (Å²) in [7, 11) is 0. The highest BCUT2D eigenvalue weighted by atomic mass is 16.5. The van der Waals surface area contributed by atoms with Crippen LogP contribution in [0.25, 0.3) is 0 Å². The summed E-state index contributed by atoms with van der Waals surface area (Å²) in [5.74, 6) is 2.06. The van der Waals surface area contributed by atoms with Crippen molar-refractivity contribution in [3.05, 3.63) is 42.0 Å². The van der Waals surface area contributed by atoms with Gasteiger partial charge < -0.3 is 14.1 Å². The molecule has 0 aromatic carbocycles. The number of aryl methyl sites for hydroxylation is 1. The highest BCUT2D eigenvalue weighted by molar-refractivity contribution is 5.88. The first-order chi connectivity index (χ1) is 10.8. The Morgan fingerprint density at radius 3 is 3.09 bits per heavy atom. The van der Waals surface area contributed by atoms with Crippen molar-refractivity contribution in [3.8, 4) is 0 Å². The van der Waals surface area contributed by atoms with E-state index in [1.807, 2.05) is 19.1 Å². The number of morpholine rings is 1. The highest BCUT2D eigenvalue weighted by Crippen LogP contribution is 2.26. The molecule has 1 aliphatic heterocycles. The number of nitrogens with one attached hydrogen (secondary N) is 1. The van der Waals surface area contributed by atoms with Gasteiger partial charge in [-0.2, -0.15) is 5.10 Å². The van der Waals surface area contributed by atoms with E-state index in [2.05, 4.69) is 15.5 Å². The molecule has 7 heteroatoms. The van der Waals surface area contributed by atoms with Crippen LogP contribution in [-0.2, 0) is 11.2 Å². The molecule has 0 aliphatic carbocycles. The van der Waals surface area contributed by atoms with Gasteiger partial charge in [0.2, 0.25) is 0 Å².